The van der Waals surface area contributed by atoms with Gasteiger partial charge < -0.3 is 18.9 Å². The van der Waals surface area contributed by atoms with Crippen molar-refractivity contribution in [3.8, 4) is 11.5 Å². The van der Waals surface area contributed by atoms with Crippen LogP contribution in [0.1, 0.15) is 66.2 Å². The number of hydrogen-bond donors (Lipinski definition) is 0. The lowest BCUT2D eigenvalue weighted by atomic mass is 9.95. The number of methoxy groups -OCH3 is 1. The smallest absolute Gasteiger partial charge is 0.338 e. The Morgan fingerprint density at radius 3 is 1.65 bits per heavy atom. The number of unbranched alkanes of at least 4 members (excludes halogenated alkanes) is 1. The molecule has 1 aliphatic carbocycles. The molecule has 0 bridgehead atoms. The first kappa shape index (κ1) is 22.7. The first-order valence-electron chi connectivity index (χ1n) is 10.9. The molecule has 6 heteroatoms. The van der Waals surface area contributed by atoms with Crippen molar-refractivity contribution in [3.63, 3.8) is 0 Å². The van der Waals surface area contributed by atoms with Crippen molar-refractivity contribution in [1.29, 1.82) is 0 Å². The second kappa shape index (κ2) is 11.4. The van der Waals surface area contributed by atoms with E-state index >= 15 is 0 Å². The van der Waals surface area contributed by atoms with Crippen LogP contribution in [0.3, 0.4) is 0 Å². The van der Waals surface area contributed by atoms with Crippen LogP contribution >= 0.6 is 0 Å². The lowest BCUT2D eigenvalue weighted by Gasteiger charge is -2.28. The zero-order chi connectivity index (χ0) is 22.1. The second-order valence-corrected chi connectivity index (χ2v) is 7.66. The van der Waals surface area contributed by atoms with Gasteiger partial charge in [0.15, 0.2) is 0 Å². The molecule has 3 rings (SSSR count). The summed E-state index contributed by atoms with van der Waals surface area (Å²) in [5.41, 5.74) is 1.01. The van der Waals surface area contributed by atoms with E-state index in [0.717, 1.165) is 18.6 Å². The Morgan fingerprint density at radius 2 is 1.23 bits per heavy atom. The molecule has 2 aromatic carbocycles. The van der Waals surface area contributed by atoms with Crippen LogP contribution in [0.2, 0.25) is 0 Å². The highest BCUT2D eigenvalue weighted by Gasteiger charge is 2.27. The summed E-state index contributed by atoms with van der Waals surface area (Å²) in [6, 6.07) is 13.9. The maximum absolute atomic E-state index is 12.4. The molecule has 0 atom stereocenters. The Balaban J connectivity index is 1.42. The molecule has 166 valence electrons. The molecule has 1 saturated carbocycles. The summed E-state index contributed by atoms with van der Waals surface area (Å²) in [7, 11) is 1.58. The van der Waals surface area contributed by atoms with E-state index in [2.05, 4.69) is 6.92 Å². The average Bonchev–Trinajstić information content (AvgIpc) is 2.81. The van der Waals surface area contributed by atoms with Crippen LogP contribution in [0, 0.1) is 0 Å². The Morgan fingerprint density at radius 1 is 0.774 bits per heavy atom. The Bertz CT molecular complexity index is 835. The summed E-state index contributed by atoms with van der Waals surface area (Å²) in [6.07, 6.45) is 4.44. The topological polar surface area (TPSA) is 71.1 Å². The van der Waals surface area contributed by atoms with Crippen LogP contribution < -0.4 is 9.47 Å². The van der Waals surface area contributed by atoms with Crippen molar-refractivity contribution < 1.29 is 28.5 Å². The van der Waals surface area contributed by atoms with Gasteiger partial charge in [-0.25, -0.2) is 9.59 Å². The number of ether oxygens (including phenoxy) is 4. The van der Waals surface area contributed by atoms with E-state index in [9.17, 15) is 9.59 Å². The summed E-state index contributed by atoms with van der Waals surface area (Å²) in [4.78, 5) is 24.7. The van der Waals surface area contributed by atoms with Crippen molar-refractivity contribution in [2.75, 3.05) is 13.7 Å². The minimum Gasteiger partial charge on any atom is -0.497 e. The molecule has 31 heavy (non-hydrogen) atoms. The van der Waals surface area contributed by atoms with Gasteiger partial charge in [-0.05, 0) is 80.6 Å². The molecule has 1 fully saturated rings. The van der Waals surface area contributed by atoms with Crippen molar-refractivity contribution >= 4 is 11.9 Å². The minimum absolute atomic E-state index is 0.163. The summed E-state index contributed by atoms with van der Waals surface area (Å²) < 4.78 is 22.0. The Labute approximate surface area is 183 Å². The zero-order valence-corrected chi connectivity index (χ0v) is 18.2. The predicted octanol–water partition coefficient (Wildman–Crippen LogP) is 5.20. The average molecular weight is 427 g/mol. The van der Waals surface area contributed by atoms with E-state index in [4.69, 9.17) is 18.9 Å². The number of rotatable bonds is 9. The van der Waals surface area contributed by atoms with Gasteiger partial charge in [0, 0.05) is 0 Å². The Kier molecular flexibility index (Phi) is 8.33. The van der Waals surface area contributed by atoms with Crippen LogP contribution in [-0.2, 0) is 9.47 Å². The SMILES string of the molecule is CCCCOc1ccc(C(=O)OC2CCC(OC(=O)c3ccc(OC)cc3)CC2)cc1. The fourth-order valence-electron chi connectivity index (χ4n) is 3.46. The zero-order valence-electron chi connectivity index (χ0n) is 18.2. The third-order valence-corrected chi connectivity index (χ3v) is 5.35. The van der Waals surface area contributed by atoms with Crippen molar-refractivity contribution in [2.45, 2.75) is 57.7 Å². The van der Waals surface area contributed by atoms with Gasteiger partial charge in [0.05, 0.1) is 24.8 Å². The minimum atomic E-state index is -0.343. The van der Waals surface area contributed by atoms with Gasteiger partial charge in [0.1, 0.15) is 23.7 Å². The van der Waals surface area contributed by atoms with Crippen LogP contribution in [0.15, 0.2) is 48.5 Å². The molecule has 0 aliphatic heterocycles. The summed E-state index contributed by atoms with van der Waals surface area (Å²) in [5, 5.41) is 0. The molecule has 2 aromatic rings. The lowest BCUT2D eigenvalue weighted by Crippen LogP contribution is -2.29. The van der Waals surface area contributed by atoms with Gasteiger partial charge in [0.2, 0.25) is 0 Å². The highest BCUT2D eigenvalue weighted by molar-refractivity contribution is 5.90. The summed E-state index contributed by atoms with van der Waals surface area (Å²) >= 11 is 0. The van der Waals surface area contributed by atoms with E-state index in [0.29, 0.717) is 49.2 Å². The number of carbonyl (C=O) groups excluding carboxylic acids is 2. The molecule has 0 unspecified atom stereocenters. The number of esters is 2. The largest absolute Gasteiger partial charge is 0.497 e. The number of benzene rings is 2. The summed E-state index contributed by atoms with van der Waals surface area (Å²) in [6.45, 7) is 2.79. The van der Waals surface area contributed by atoms with Crippen LogP contribution in [-0.4, -0.2) is 37.9 Å². The number of hydrogen-bond acceptors (Lipinski definition) is 6. The quantitative estimate of drug-likeness (QED) is 0.405. The standard InChI is InChI=1S/C25H30O6/c1-3-4-17-29-21-11-7-19(8-12-21)25(27)31-23-15-13-22(14-16-23)30-24(26)18-5-9-20(28-2)10-6-18/h5-12,22-23H,3-4,13-17H2,1-2H3. The van der Waals surface area contributed by atoms with Crippen LogP contribution in [0.5, 0.6) is 11.5 Å². The van der Waals surface area contributed by atoms with E-state index in [1.807, 2.05) is 0 Å². The lowest BCUT2D eigenvalue weighted by molar-refractivity contribution is -0.0108. The normalized spacial score (nSPS) is 18.1. The molecule has 0 amide bonds. The predicted molar refractivity (Wildman–Crippen MR) is 117 cm³/mol. The first-order valence-corrected chi connectivity index (χ1v) is 10.9. The molecular formula is C25H30O6. The van der Waals surface area contributed by atoms with E-state index in [1.54, 1.807) is 55.6 Å². The van der Waals surface area contributed by atoms with E-state index in [-0.39, 0.29) is 24.1 Å². The fourth-order valence-corrected chi connectivity index (χ4v) is 3.46. The third-order valence-electron chi connectivity index (χ3n) is 5.35. The number of carbonyl (C=O) groups is 2. The van der Waals surface area contributed by atoms with E-state index < -0.39 is 0 Å². The highest BCUT2D eigenvalue weighted by atomic mass is 16.6. The van der Waals surface area contributed by atoms with Gasteiger partial charge in [0.25, 0.3) is 0 Å². The molecule has 0 spiro atoms. The maximum atomic E-state index is 12.4. The van der Waals surface area contributed by atoms with Gasteiger partial charge in [-0.1, -0.05) is 13.3 Å². The third kappa shape index (κ3) is 6.74. The van der Waals surface area contributed by atoms with Crippen LogP contribution in [0.25, 0.3) is 0 Å². The van der Waals surface area contributed by atoms with Gasteiger partial charge in [-0.3, -0.25) is 0 Å². The van der Waals surface area contributed by atoms with E-state index in [1.165, 1.54) is 0 Å². The van der Waals surface area contributed by atoms with Gasteiger partial charge in [-0.2, -0.15) is 0 Å². The van der Waals surface area contributed by atoms with Crippen LogP contribution in [0.4, 0.5) is 0 Å². The molecule has 0 radical (unpaired) electrons. The maximum Gasteiger partial charge on any atom is 0.338 e. The fraction of sp³-hybridized carbons (Fsp3) is 0.440. The van der Waals surface area contributed by atoms with Crippen molar-refractivity contribution in [2.24, 2.45) is 0 Å². The van der Waals surface area contributed by atoms with Crippen molar-refractivity contribution in [1.82, 2.24) is 0 Å². The van der Waals surface area contributed by atoms with Crippen molar-refractivity contribution in [3.05, 3.63) is 59.7 Å². The molecular weight excluding hydrogens is 396 g/mol. The molecule has 0 heterocycles. The molecule has 0 aromatic heterocycles. The Hall–Kier alpha value is -3.02. The molecule has 1 aliphatic rings. The second-order valence-electron chi connectivity index (χ2n) is 7.66. The molecule has 6 nitrogen and oxygen atoms in total. The van der Waals surface area contributed by atoms with Gasteiger partial charge >= 0.3 is 11.9 Å². The first-order chi connectivity index (χ1) is 15.1. The van der Waals surface area contributed by atoms with Gasteiger partial charge in [-0.15, -0.1) is 0 Å². The highest BCUT2D eigenvalue weighted by Crippen LogP contribution is 2.26. The monoisotopic (exact) mass is 426 g/mol. The molecule has 0 saturated heterocycles. The molecule has 0 N–H and O–H groups in total. The summed E-state index contributed by atoms with van der Waals surface area (Å²) in [5.74, 6) is 0.768.